The second-order valence-electron chi connectivity index (χ2n) is 6.10. The minimum absolute atomic E-state index is 0.0119. The van der Waals surface area contributed by atoms with E-state index in [2.05, 4.69) is 25.7 Å². The first-order valence-electron chi connectivity index (χ1n) is 7.82. The Bertz CT molecular complexity index is 496. The molecule has 5 heteroatoms. The molecule has 3 rings (SSSR count). The fourth-order valence-electron chi connectivity index (χ4n) is 3.71. The fourth-order valence-corrected chi connectivity index (χ4v) is 4.04. The number of hydrogen-bond acceptors (Lipinski definition) is 3. The van der Waals surface area contributed by atoms with Crippen LogP contribution in [0.15, 0.2) is 22.7 Å². The second kappa shape index (κ2) is 6.73. The zero-order valence-corrected chi connectivity index (χ0v) is 13.9. The highest BCUT2D eigenvalue weighted by atomic mass is 79.9. The lowest BCUT2D eigenvalue weighted by molar-refractivity contribution is 0.0279. The molecule has 2 heterocycles. The fraction of sp³-hybridized carbons (Fsp3) is 0.625. The minimum Gasteiger partial charge on any atom is -0.329 e. The number of halogens is 2. The average Bonchev–Trinajstić information content (AvgIpc) is 2.50. The van der Waals surface area contributed by atoms with Crippen LogP contribution < -0.4 is 5.73 Å². The van der Waals surface area contributed by atoms with Crippen LogP contribution >= 0.6 is 15.9 Å². The molecule has 2 aliphatic heterocycles. The summed E-state index contributed by atoms with van der Waals surface area (Å²) in [5.41, 5.74) is 6.70. The summed E-state index contributed by atoms with van der Waals surface area (Å²) in [4.78, 5) is 4.96. The average molecular weight is 356 g/mol. The van der Waals surface area contributed by atoms with Crippen molar-refractivity contribution in [3.8, 4) is 0 Å². The highest BCUT2D eigenvalue weighted by Crippen LogP contribution is 2.29. The Labute approximate surface area is 134 Å². The molecule has 2 unspecified atom stereocenters. The van der Waals surface area contributed by atoms with Gasteiger partial charge in [-0.25, -0.2) is 4.39 Å². The number of hydrogen-bond donors (Lipinski definition) is 1. The normalized spacial score (nSPS) is 25.6. The van der Waals surface area contributed by atoms with Gasteiger partial charge in [0.1, 0.15) is 5.82 Å². The Balaban J connectivity index is 1.77. The molecule has 116 valence electrons. The lowest BCUT2D eigenvalue weighted by Gasteiger charge is -2.46. The molecule has 0 aliphatic carbocycles. The van der Waals surface area contributed by atoms with E-state index in [-0.39, 0.29) is 11.9 Å². The van der Waals surface area contributed by atoms with Gasteiger partial charge in [-0.3, -0.25) is 9.80 Å². The number of nitrogens with zero attached hydrogens (tertiary/aromatic N) is 2. The van der Waals surface area contributed by atoms with Crippen LogP contribution in [0.3, 0.4) is 0 Å². The van der Waals surface area contributed by atoms with Crippen LogP contribution in [0.5, 0.6) is 0 Å². The molecule has 0 aromatic heterocycles. The number of rotatable bonds is 3. The van der Waals surface area contributed by atoms with E-state index in [1.54, 1.807) is 0 Å². The summed E-state index contributed by atoms with van der Waals surface area (Å²) in [6.45, 7) is 4.76. The van der Waals surface area contributed by atoms with E-state index in [0.717, 1.165) is 29.7 Å². The van der Waals surface area contributed by atoms with Gasteiger partial charge in [0.2, 0.25) is 0 Å². The van der Waals surface area contributed by atoms with Crippen molar-refractivity contribution < 1.29 is 4.39 Å². The third-order valence-corrected chi connectivity index (χ3v) is 5.35. The smallest absolute Gasteiger partial charge is 0.129 e. The number of nitrogens with two attached hydrogens (primary N) is 1. The maximum atomic E-state index is 14.3. The van der Waals surface area contributed by atoms with Gasteiger partial charge in [-0.05, 0) is 31.5 Å². The maximum Gasteiger partial charge on any atom is 0.129 e. The maximum absolute atomic E-state index is 14.3. The summed E-state index contributed by atoms with van der Waals surface area (Å²) in [6.07, 6.45) is 3.89. The van der Waals surface area contributed by atoms with Gasteiger partial charge in [0.25, 0.3) is 0 Å². The van der Waals surface area contributed by atoms with E-state index in [1.807, 2.05) is 12.1 Å². The van der Waals surface area contributed by atoms with Crippen molar-refractivity contribution in [1.29, 1.82) is 0 Å². The van der Waals surface area contributed by atoms with Crippen molar-refractivity contribution in [3.63, 3.8) is 0 Å². The highest BCUT2D eigenvalue weighted by molar-refractivity contribution is 9.10. The van der Waals surface area contributed by atoms with E-state index < -0.39 is 0 Å². The van der Waals surface area contributed by atoms with E-state index in [1.165, 1.54) is 31.9 Å². The predicted octanol–water partition coefficient (Wildman–Crippen LogP) is 2.76. The largest absolute Gasteiger partial charge is 0.329 e. The number of benzene rings is 1. The van der Waals surface area contributed by atoms with E-state index in [4.69, 9.17) is 5.73 Å². The quantitative estimate of drug-likeness (QED) is 0.904. The Hall–Kier alpha value is -0.490. The van der Waals surface area contributed by atoms with Gasteiger partial charge < -0.3 is 5.73 Å². The molecule has 2 atom stereocenters. The molecule has 0 radical (unpaired) electrons. The van der Waals surface area contributed by atoms with Gasteiger partial charge in [0.05, 0.1) is 6.04 Å². The van der Waals surface area contributed by atoms with Crippen molar-refractivity contribution in [2.75, 3.05) is 32.7 Å². The van der Waals surface area contributed by atoms with Crippen molar-refractivity contribution >= 4 is 15.9 Å². The molecule has 2 N–H and O–H groups in total. The minimum atomic E-state index is -0.161. The van der Waals surface area contributed by atoms with E-state index in [0.29, 0.717) is 12.6 Å². The predicted molar refractivity (Wildman–Crippen MR) is 86.7 cm³/mol. The molecule has 2 fully saturated rings. The van der Waals surface area contributed by atoms with Gasteiger partial charge in [-0.1, -0.05) is 28.4 Å². The molecule has 1 aromatic carbocycles. The molecular formula is C16H23BrFN3. The van der Waals surface area contributed by atoms with Crippen LogP contribution in [0.1, 0.15) is 30.9 Å². The molecule has 0 saturated carbocycles. The summed E-state index contributed by atoms with van der Waals surface area (Å²) in [5.74, 6) is -0.161. The van der Waals surface area contributed by atoms with Crippen LogP contribution in [0.2, 0.25) is 0 Å². The van der Waals surface area contributed by atoms with Crippen LogP contribution in [-0.2, 0) is 0 Å². The summed E-state index contributed by atoms with van der Waals surface area (Å²) in [6, 6.07) is 5.92. The first kappa shape index (κ1) is 15.4. The van der Waals surface area contributed by atoms with Crippen LogP contribution in [0.4, 0.5) is 4.39 Å². The van der Waals surface area contributed by atoms with Crippen molar-refractivity contribution in [2.45, 2.75) is 31.3 Å². The first-order valence-corrected chi connectivity index (χ1v) is 8.61. The zero-order chi connectivity index (χ0) is 14.8. The lowest BCUT2D eigenvalue weighted by Crippen LogP contribution is -2.56. The summed E-state index contributed by atoms with van der Waals surface area (Å²) in [7, 11) is 0. The molecule has 0 spiro atoms. The Morgan fingerprint density at radius 2 is 2.14 bits per heavy atom. The van der Waals surface area contributed by atoms with Gasteiger partial charge in [-0.15, -0.1) is 0 Å². The molecule has 2 aliphatic rings. The zero-order valence-electron chi connectivity index (χ0n) is 12.3. The standard InChI is InChI=1S/C16H23BrFN3/c17-12-4-5-14(15(18)9-12)16(10-19)21-8-7-20-6-2-1-3-13(20)11-21/h4-5,9,13,16H,1-3,6-8,10-11,19H2. The topological polar surface area (TPSA) is 32.5 Å². The Kier molecular flexibility index (Phi) is 4.94. The molecule has 2 saturated heterocycles. The van der Waals surface area contributed by atoms with Crippen LogP contribution in [0, 0.1) is 5.82 Å². The van der Waals surface area contributed by atoms with Gasteiger partial charge in [0.15, 0.2) is 0 Å². The van der Waals surface area contributed by atoms with Crippen molar-refractivity contribution in [1.82, 2.24) is 9.80 Å². The van der Waals surface area contributed by atoms with Gasteiger partial charge in [0, 0.05) is 42.3 Å². The van der Waals surface area contributed by atoms with Crippen molar-refractivity contribution in [3.05, 3.63) is 34.1 Å². The van der Waals surface area contributed by atoms with Gasteiger partial charge >= 0.3 is 0 Å². The highest BCUT2D eigenvalue weighted by Gasteiger charge is 2.32. The molecule has 3 nitrogen and oxygen atoms in total. The third-order valence-electron chi connectivity index (χ3n) is 4.85. The molecule has 21 heavy (non-hydrogen) atoms. The number of piperazine rings is 1. The summed E-state index contributed by atoms with van der Waals surface area (Å²) in [5, 5.41) is 0. The van der Waals surface area contributed by atoms with Gasteiger partial charge in [-0.2, -0.15) is 0 Å². The third kappa shape index (κ3) is 3.31. The van der Waals surface area contributed by atoms with Crippen molar-refractivity contribution in [2.24, 2.45) is 5.73 Å². The second-order valence-corrected chi connectivity index (χ2v) is 7.01. The Morgan fingerprint density at radius 1 is 1.29 bits per heavy atom. The molecule has 1 aromatic rings. The molecule has 0 bridgehead atoms. The summed E-state index contributed by atoms with van der Waals surface area (Å²) >= 11 is 3.32. The van der Waals surface area contributed by atoms with E-state index in [9.17, 15) is 4.39 Å². The van der Waals surface area contributed by atoms with E-state index >= 15 is 0 Å². The SMILES string of the molecule is NCC(c1ccc(Br)cc1F)N1CCN2CCCCC2C1. The monoisotopic (exact) mass is 355 g/mol. The lowest BCUT2D eigenvalue weighted by atomic mass is 9.96. The summed E-state index contributed by atoms with van der Waals surface area (Å²) < 4.78 is 15.0. The number of piperidine rings is 1. The number of fused-ring (bicyclic) bond motifs is 1. The van der Waals surface area contributed by atoms with Crippen LogP contribution in [0.25, 0.3) is 0 Å². The molecule has 0 amide bonds. The molecular weight excluding hydrogens is 333 g/mol. The first-order chi connectivity index (χ1) is 10.2. The Morgan fingerprint density at radius 3 is 2.90 bits per heavy atom. The van der Waals surface area contributed by atoms with Crippen LogP contribution in [-0.4, -0.2) is 48.6 Å².